The number of phenolic OH excluding ortho intramolecular Hbond substituents is 1. The van der Waals surface area contributed by atoms with Gasteiger partial charge in [-0.3, -0.25) is 9.69 Å². The molecular formula is C17H21N3O4. The molecule has 1 aromatic rings. The summed E-state index contributed by atoms with van der Waals surface area (Å²) in [4.78, 5) is 14.3. The van der Waals surface area contributed by atoms with Gasteiger partial charge in [0.25, 0.3) is 5.91 Å². The van der Waals surface area contributed by atoms with Crippen molar-refractivity contribution in [3.05, 3.63) is 29.3 Å². The van der Waals surface area contributed by atoms with Crippen molar-refractivity contribution in [2.75, 3.05) is 46.5 Å². The zero-order valence-electron chi connectivity index (χ0n) is 13.6. The Morgan fingerprint density at radius 3 is 2.92 bits per heavy atom. The van der Waals surface area contributed by atoms with Crippen LogP contribution in [0.3, 0.4) is 0 Å². The highest BCUT2D eigenvalue weighted by molar-refractivity contribution is 6.02. The van der Waals surface area contributed by atoms with Gasteiger partial charge in [0.05, 0.1) is 20.3 Å². The molecule has 24 heavy (non-hydrogen) atoms. The summed E-state index contributed by atoms with van der Waals surface area (Å²) in [6.45, 7) is 4.24. The molecule has 0 radical (unpaired) electrons. The molecule has 7 heteroatoms. The molecule has 1 aromatic carbocycles. The van der Waals surface area contributed by atoms with Crippen molar-refractivity contribution >= 4 is 12.0 Å². The molecule has 0 unspecified atom stereocenters. The number of ether oxygens (including phenoxy) is 2. The minimum Gasteiger partial charge on any atom is -0.504 e. The van der Waals surface area contributed by atoms with E-state index in [4.69, 9.17) is 9.47 Å². The van der Waals surface area contributed by atoms with E-state index in [0.29, 0.717) is 31.9 Å². The fourth-order valence-corrected chi connectivity index (χ4v) is 2.37. The zero-order valence-corrected chi connectivity index (χ0v) is 13.6. The summed E-state index contributed by atoms with van der Waals surface area (Å²) in [5.74, 6) is -0.282. The van der Waals surface area contributed by atoms with Crippen LogP contribution in [0.5, 0.6) is 11.5 Å². The number of nitriles is 1. The summed E-state index contributed by atoms with van der Waals surface area (Å²) in [7, 11) is 1.44. The van der Waals surface area contributed by atoms with Crippen LogP contribution in [0.2, 0.25) is 0 Å². The average Bonchev–Trinajstić information content (AvgIpc) is 2.61. The molecule has 2 N–H and O–H groups in total. The number of nitrogens with one attached hydrogen (secondary N) is 1. The van der Waals surface area contributed by atoms with E-state index in [9.17, 15) is 15.2 Å². The molecule has 1 aliphatic rings. The van der Waals surface area contributed by atoms with Gasteiger partial charge < -0.3 is 19.9 Å². The summed E-state index contributed by atoms with van der Waals surface area (Å²) in [5.41, 5.74) is 0.287. The predicted octanol–water partition coefficient (Wildman–Crippen LogP) is 0.756. The molecule has 128 valence electrons. The van der Waals surface area contributed by atoms with E-state index in [2.05, 4.69) is 10.2 Å². The number of hydrogen-bond acceptors (Lipinski definition) is 6. The van der Waals surface area contributed by atoms with Gasteiger partial charge in [-0.2, -0.15) is 5.26 Å². The number of benzene rings is 1. The number of amides is 1. The first-order valence-corrected chi connectivity index (χ1v) is 7.71. The number of para-hydroxylation sites is 1. The SMILES string of the molecule is COc1cccc(/C=C(\C#N)C(=O)NCCN2CCOCC2)c1O. The van der Waals surface area contributed by atoms with E-state index in [1.165, 1.54) is 13.2 Å². The third-order valence-electron chi connectivity index (χ3n) is 3.73. The summed E-state index contributed by atoms with van der Waals surface area (Å²) in [6.07, 6.45) is 1.35. The Morgan fingerprint density at radius 1 is 1.50 bits per heavy atom. The standard InChI is InChI=1S/C17H21N3O4/c1-23-15-4-2-3-13(16(15)21)11-14(12-18)17(22)19-5-6-20-7-9-24-10-8-20/h2-4,11,21H,5-10H2,1H3,(H,19,22)/b14-11+. The maximum Gasteiger partial charge on any atom is 0.262 e. The number of nitrogens with zero attached hydrogens (tertiary/aromatic N) is 2. The van der Waals surface area contributed by atoms with E-state index in [-0.39, 0.29) is 17.1 Å². The largest absolute Gasteiger partial charge is 0.504 e. The summed E-state index contributed by atoms with van der Waals surface area (Å²) < 4.78 is 10.3. The van der Waals surface area contributed by atoms with Crippen molar-refractivity contribution in [2.45, 2.75) is 0 Å². The number of aromatic hydroxyl groups is 1. The van der Waals surface area contributed by atoms with Crippen LogP contribution in [0.4, 0.5) is 0 Å². The van der Waals surface area contributed by atoms with Crippen LogP contribution in [0.15, 0.2) is 23.8 Å². The zero-order chi connectivity index (χ0) is 17.4. The Balaban J connectivity index is 1.97. The van der Waals surface area contributed by atoms with Gasteiger partial charge >= 0.3 is 0 Å². The van der Waals surface area contributed by atoms with Crippen LogP contribution in [0.1, 0.15) is 5.56 Å². The molecule has 0 saturated carbocycles. The van der Waals surface area contributed by atoms with Crippen molar-refractivity contribution in [1.82, 2.24) is 10.2 Å². The number of morpholine rings is 1. The van der Waals surface area contributed by atoms with Crippen molar-refractivity contribution in [3.63, 3.8) is 0 Å². The van der Waals surface area contributed by atoms with E-state index >= 15 is 0 Å². The van der Waals surface area contributed by atoms with E-state index in [0.717, 1.165) is 13.1 Å². The fourth-order valence-electron chi connectivity index (χ4n) is 2.37. The lowest BCUT2D eigenvalue weighted by atomic mass is 10.1. The second-order valence-electron chi connectivity index (χ2n) is 5.28. The average molecular weight is 331 g/mol. The van der Waals surface area contributed by atoms with Crippen LogP contribution >= 0.6 is 0 Å². The third-order valence-corrected chi connectivity index (χ3v) is 3.73. The Morgan fingerprint density at radius 2 is 2.25 bits per heavy atom. The molecule has 0 atom stereocenters. The Kier molecular flexibility index (Phi) is 6.61. The first-order chi connectivity index (χ1) is 11.7. The molecule has 7 nitrogen and oxygen atoms in total. The predicted molar refractivity (Wildman–Crippen MR) is 88.5 cm³/mol. The van der Waals surface area contributed by atoms with Crippen molar-refractivity contribution < 1.29 is 19.4 Å². The van der Waals surface area contributed by atoms with Crippen LogP contribution < -0.4 is 10.1 Å². The maximum absolute atomic E-state index is 12.1. The second kappa shape index (κ2) is 8.91. The molecule has 2 rings (SSSR count). The minimum absolute atomic E-state index is 0.0690. The summed E-state index contributed by atoms with van der Waals surface area (Å²) >= 11 is 0. The van der Waals surface area contributed by atoms with Crippen molar-refractivity contribution in [2.24, 2.45) is 0 Å². The quantitative estimate of drug-likeness (QED) is 0.590. The molecule has 0 bridgehead atoms. The highest BCUT2D eigenvalue weighted by atomic mass is 16.5. The molecule has 0 spiro atoms. The smallest absolute Gasteiger partial charge is 0.262 e. The van der Waals surface area contributed by atoms with Gasteiger partial charge in [0, 0.05) is 31.7 Å². The first-order valence-electron chi connectivity index (χ1n) is 7.71. The maximum atomic E-state index is 12.1. The van der Waals surface area contributed by atoms with Gasteiger partial charge in [0.15, 0.2) is 11.5 Å². The van der Waals surface area contributed by atoms with Gasteiger partial charge in [-0.25, -0.2) is 0 Å². The Labute approximate surface area is 141 Å². The van der Waals surface area contributed by atoms with Gasteiger partial charge in [-0.15, -0.1) is 0 Å². The lowest BCUT2D eigenvalue weighted by Crippen LogP contribution is -2.41. The monoisotopic (exact) mass is 331 g/mol. The molecular weight excluding hydrogens is 310 g/mol. The first kappa shape index (κ1) is 17.8. The second-order valence-corrected chi connectivity index (χ2v) is 5.28. The topological polar surface area (TPSA) is 94.8 Å². The molecule has 1 amide bonds. The van der Waals surface area contributed by atoms with Crippen LogP contribution in [0, 0.1) is 11.3 Å². The molecule has 0 aliphatic carbocycles. The summed E-state index contributed by atoms with van der Waals surface area (Å²) in [5, 5.41) is 22.0. The van der Waals surface area contributed by atoms with Gasteiger partial charge in [-0.05, 0) is 12.1 Å². The fraction of sp³-hybridized carbons (Fsp3) is 0.412. The van der Waals surface area contributed by atoms with E-state index < -0.39 is 5.91 Å². The highest BCUT2D eigenvalue weighted by Gasteiger charge is 2.13. The lowest BCUT2D eigenvalue weighted by molar-refractivity contribution is -0.117. The van der Waals surface area contributed by atoms with Gasteiger partial charge in [-0.1, -0.05) is 12.1 Å². The van der Waals surface area contributed by atoms with Crippen LogP contribution in [-0.4, -0.2) is 62.4 Å². The van der Waals surface area contributed by atoms with Crippen molar-refractivity contribution in [1.29, 1.82) is 5.26 Å². The number of phenols is 1. The molecule has 1 aliphatic heterocycles. The third kappa shape index (κ3) is 4.72. The number of carbonyl (C=O) groups is 1. The van der Waals surface area contributed by atoms with Crippen LogP contribution in [-0.2, 0) is 9.53 Å². The minimum atomic E-state index is -0.465. The number of carbonyl (C=O) groups excluding carboxylic acids is 1. The van der Waals surface area contributed by atoms with Gasteiger partial charge in [0.2, 0.25) is 0 Å². The highest BCUT2D eigenvalue weighted by Crippen LogP contribution is 2.30. The van der Waals surface area contributed by atoms with Crippen molar-refractivity contribution in [3.8, 4) is 17.6 Å². The number of methoxy groups -OCH3 is 1. The number of rotatable bonds is 6. The van der Waals surface area contributed by atoms with E-state index in [1.807, 2.05) is 6.07 Å². The van der Waals surface area contributed by atoms with Crippen LogP contribution in [0.25, 0.3) is 6.08 Å². The normalized spacial score (nSPS) is 15.6. The van der Waals surface area contributed by atoms with Gasteiger partial charge in [0.1, 0.15) is 11.6 Å². The molecule has 1 saturated heterocycles. The Hall–Kier alpha value is -2.56. The lowest BCUT2D eigenvalue weighted by Gasteiger charge is -2.26. The Bertz CT molecular complexity index is 646. The summed E-state index contributed by atoms with van der Waals surface area (Å²) in [6, 6.07) is 6.75. The number of hydrogen-bond donors (Lipinski definition) is 2. The van der Waals surface area contributed by atoms with E-state index in [1.54, 1.807) is 18.2 Å². The molecule has 1 heterocycles. The molecule has 1 fully saturated rings. The molecule has 0 aromatic heterocycles.